The van der Waals surface area contributed by atoms with Gasteiger partial charge in [0.05, 0.1) is 17.7 Å². The van der Waals surface area contributed by atoms with Crippen molar-refractivity contribution >= 4 is 27.5 Å². The van der Waals surface area contributed by atoms with E-state index in [0.29, 0.717) is 17.9 Å². The lowest BCUT2D eigenvalue weighted by atomic mass is 10.0. The third-order valence-electron chi connectivity index (χ3n) is 7.32. The van der Waals surface area contributed by atoms with Crippen LogP contribution in [0.15, 0.2) is 114 Å². The van der Waals surface area contributed by atoms with Crippen LogP contribution in [0.4, 0.5) is 10.1 Å². The summed E-state index contributed by atoms with van der Waals surface area (Å²) in [5, 5.41) is 2.95. The summed E-state index contributed by atoms with van der Waals surface area (Å²) in [6.07, 6.45) is 1.80. The lowest BCUT2D eigenvalue weighted by Gasteiger charge is -2.34. The van der Waals surface area contributed by atoms with Gasteiger partial charge in [-0.2, -0.15) is 0 Å². The van der Waals surface area contributed by atoms with Gasteiger partial charge in [-0.05, 0) is 53.9 Å². The fraction of sp³-hybridized carbons (Fsp3) is 0.257. The first-order valence-corrected chi connectivity index (χ1v) is 16.2. The molecule has 4 rings (SSSR count). The molecule has 0 aliphatic heterocycles. The second-order valence-electron chi connectivity index (χ2n) is 10.5. The topological polar surface area (TPSA) is 96.0 Å². The van der Waals surface area contributed by atoms with Gasteiger partial charge in [0.15, 0.2) is 0 Å². The number of hydrogen-bond donors (Lipinski definition) is 1. The Morgan fingerprint density at radius 1 is 0.867 bits per heavy atom. The quantitative estimate of drug-likeness (QED) is 0.173. The molecule has 236 valence electrons. The fourth-order valence-corrected chi connectivity index (χ4v) is 6.36. The van der Waals surface area contributed by atoms with Crippen LogP contribution in [0.5, 0.6) is 5.75 Å². The molecular formula is C35H38FN3O5S. The predicted molar refractivity (Wildman–Crippen MR) is 173 cm³/mol. The predicted octanol–water partition coefficient (Wildman–Crippen LogP) is 5.59. The summed E-state index contributed by atoms with van der Waals surface area (Å²) in [6.45, 7) is 1.67. The summed E-state index contributed by atoms with van der Waals surface area (Å²) >= 11 is 0. The summed E-state index contributed by atoms with van der Waals surface area (Å²) in [5.74, 6) is -1.28. The van der Waals surface area contributed by atoms with E-state index in [9.17, 15) is 18.0 Å². The Balaban J connectivity index is 1.80. The van der Waals surface area contributed by atoms with Crippen molar-refractivity contribution in [3.63, 3.8) is 0 Å². The van der Waals surface area contributed by atoms with E-state index in [1.165, 1.54) is 42.3 Å². The lowest BCUT2D eigenvalue weighted by molar-refractivity contribution is -0.140. The highest BCUT2D eigenvalue weighted by molar-refractivity contribution is 7.92. The van der Waals surface area contributed by atoms with Gasteiger partial charge in [0, 0.05) is 19.5 Å². The van der Waals surface area contributed by atoms with Gasteiger partial charge in [-0.3, -0.25) is 13.9 Å². The maximum Gasteiger partial charge on any atom is 0.264 e. The fourth-order valence-electron chi connectivity index (χ4n) is 4.91. The molecule has 0 aliphatic carbocycles. The van der Waals surface area contributed by atoms with E-state index in [4.69, 9.17) is 4.74 Å². The van der Waals surface area contributed by atoms with E-state index < -0.39 is 34.3 Å². The number of nitrogens with zero attached hydrogens (tertiary/aromatic N) is 2. The molecule has 4 aromatic rings. The Kier molecular flexibility index (Phi) is 11.7. The summed E-state index contributed by atoms with van der Waals surface area (Å²) < 4.78 is 49.3. The van der Waals surface area contributed by atoms with Crippen molar-refractivity contribution < 1.29 is 27.1 Å². The third-order valence-corrected chi connectivity index (χ3v) is 9.09. The van der Waals surface area contributed by atoms with E-state index >= 15 is 4.39 Å². The number of ether oxygens (including phenoxy) is 1. The Labute approximate surface area is 264 Å². The van der Waals surface area contributed by atoms with Gasteiger partial charge in [-0.1, -0.05) is 86.1 Å². The highest BCUT2D eigenvalue weighted by Crippen LogP contribution is 2.27. The Morgan fingerprint density at radius 3 is 2.18 bits per heavy atom. The SMILES string of the molecule is CCCCNC(=O)[C@@H](Cc1ccccc1)N(Cc1cccc(OC)c1)C(=O)CN(c1ccccc1F)S(=O)(=O)c1ccccc1. The van der Waals surface area contributed by atoms with Crippen molar-refractivity contribution in [2.24, 2.45) is 0 Å². The van der Waals surface area contributed by atoms with Crippen LogP contribution < -0.4 is 14.4 Å². The Bertz CT molecular complexity index is 1670. The number of methoxy groups -OCH3 is 1. The average molecular weight is 632 g/mol. The standard InChI is InChI=1S/C35H38FN3O5S/c1-3-4-22-37-35(41)33(24-27-14-7-5-8-15-27)38(25-28-16-13-17-29(23-28)44-2)34(40)26-39(32-21-12-11-20-31(32)36)45(42,43)30-18-9-6-10-19-30/h5-21,23,33H,3-4,22,24-26H2,1-2H3,(H,37,41)/t33-/m1/s1. The minimum absolute atomic E-state index is 0.0226. The number of halogens is 1. The monoisotopic (exact) mass is 631 g/mol. The van der Waals surface area contributed by atoms with Crippen molar-refractivity contribution in [2.45, 2.75) is 43.7 Å². The van der Waals surface area contributed by atoms with Crippen LogP contribution in [0, 0.1) is 5.82 Å². The summed E-state index contributed by atoms with van der Waals surface area (Å²) in [4.78, 5) is 29.5. The van der Waals surface area contributed by atoms with Gasteiger partial charge in [-0.15, -0.1) is 0 Å². The molecule has 0 saturated heterocycles. The first-order valence-electron chi connectivity index (χ1n) is 14.8. The van der Waals surface area contributed by atoms with E-state index in [1.54, 1.807) is 42.5 Å². The molecule has 0 fully saturated rings. The number of nitrogens with one attached hydrogen (secondary N) is 1. The molecule has 8 nitrogen and oxygen atoms in total. The van der Waals surface area contributed by atoms with E-state index in [0.717, 1.165) is 28.8 Å². The lowest BCUT2D eigenvalue weighted by Crippen LogP contribution is -2.53. The zero-order chi connectivity index (χ0) is 32.2. The number of sulfonamides is 1. The summed E-state index contributed by atoms with van der Waals surface area (Å²) in [5.41, 5.74) is 1.22. The summed E-state index contributed by atoms with van der Waals surface area (Å²) in [7, 11) is -2.86. The molecule has 0 aliphatic rings. The number of unbranched alkanes of at least 4 members (excludes halogenated alkanes) is 1. The van der Waals surface area contributed by atoms with Gasteiger partial charge in [0.25, 0.3) is 10.0 Å². The Morgan fingerprint density at radius 2 is 1.51 bits per heavy atom. The number of para-hydroxylation sites is 1. The molecule has 0 aromatic heterocycles. The van der Waals surface area contributed by atoms with Crippen LogP contribution in [-0.4, -0.2) is 51.4 Å². The average Bonchev–Trinajstić information content (AvgIpc) is 3.06. The van der Waals surface area contributed by atoms with Crippen molar-refractivity contribution in [3.05, 3.63) is 126 Å². The molecule has 0 spiro atoms. The largest absolute Gasteiger partial charge is 0.497 e. The molecule has 1 atom stereocenters. The molecule has 45 heavy (non-hydrogen) atoms. The van der Waals surface area contributed by atoms with Gasteiger partial charge in [0.2, 0.25) is 11.8 Å². The van der Waals surface area contributed by atoms with Crippen molar-refractivity contribution in [1.82, 2.24) is 10.2 Å². The molecule has 0 radical (unpaired) electrons. The maximum absolute atomic E-state index is 15.2. The maximum atomic E-state index is 15.2. The Hall–Kier alpha value is -4.70. The van der Waals surface area contributed by atoms with Crippen LogP contribution in [0.1, 0.15) is 30.9 Å². The van der Waals surface area contributed by atoms with E-state index in [2.05, 4.69) is 5.32 Å². The third kappa shape index (κ3) is 8.69. The molecule has 0 unspecified atom stereocenters. The van der Waals surface area contributed by atoms with Crippen LogP contribution in [0.3, 0.4) is 0 Å². The number of carbonyl (C=O) groups is 2. The molecule has 0 saturated carbocycles. The van der Waals surface area contributed by atoms with Crippen molar-refractivity contribution in [2.75, 3.05) is 24.5 Å². The molecule has 1 N–H and O–H groups in total. The molecular weight excluding hydrogens is 593 g/mol. The van der Waals surface area contributed by atoms with Gasteiger partial charge >= 0.3 is 0 Å². The van der Waals surface area contributed by atoms with Gasteiger partial charge < -0.3 is 15.0 Å². The molecule has 10 heteroatoms. The van der Waals surface area contributed by atoms with Crippen molar-refractivity contribution in [1.29, 1.82) is 0 Å². The normalized spacial score (nSPS) is 11.8. The number of rotatable bonds is 15. The molecule has 0 heterocycles. The number of benzene rings is 4. The zero-order valence-corrected chi connectivity index (χ0v) is 26.3. The van der Waals surface area contributed by atoms with Crippen LogP contribution in [0.2, 0.25) is 0 Å². The highest BCUT2D eigenvalue weighted by Gasteiger charge is 2.35. The highest BCUT2D eigenvalue weighted by atomic mass is 32.2. The number of amides is 2. The second-order valence-corrected chi connectivity index (χ2v) is 12.4. The number of anilines is 1. The smallest absolute Gasteiger partial charge is 0.264 e. The van der Waals surface area contributed by atoms with Gasteiger partial charge in [0.1, 0.15) is 24.2 Å². The van der Waals surface area contributed by atoms with Crippen LogP contribution in [-0.2, 0) is 32.6 Å². The first-order chi connectivity index (χ1) is 21.7. The van der Waals surface area contributed by atoms with E-state index in [1.807, 2.05) is 37.3 Å². The molecule has 0 bridgehead atoms. The minimum Gasteiger partial charge on any atom is -0.497 e. The van der Waals surface area contributed by atoms with Crippen LogP contribution >= 0.6 is 0 Å². The van der Waals surface area contributed by atoms with Gasteiger partial charge in [-0.25, -0.2) is 12.8 Å². The zero-order valence-electron chi connectivity index (χ0n) is 25.4. The number of hydrogen-bond acceptors (Lipinski definition) is 5. The first kappa shape index (κ1) is 33.2. The molecule has 2 amide bonds. The molecule has 4 aromatic carbocycles. The van der Waals surface area contributed by atoms with Crippen molar-refractivity contribution in [3.8, 4) is 5.75 Å². The second kappa shape index (κ2) is 15.9. The van der Waals surface area contributed by atoms with Crippen LogP contribution in [0.25, 0.3) is 0 Å². The summed E-state index contributed by atoms with van der Waals surface area (Å²) in [6, 6.07) is 28.3. The minimum atomic E-state index is -4.39. The van der Waals surface area contributed by atoms with E-state index in [-0.39, 0.29) is 29.5 Å². The number of carbonyl (C=O) groups excluding carboxylic acids is 2.